The molecule has 0 fully saturated rings. The second kappa shape index (κ2) is 6.73. The van der Waals surface area contributed by atoms with Crippen LogP contribution in [-0.2, 0) is 4.79 Å². The molecule has 1 unspecified atom stereocenters. The molecule has 138 valence electrons. The molecule has 2 aliphatic rings. The Labute approximate surface area is 161 Å². The highest BCUT2D eigenvalue weighted by molar-refractivity contribution is 6.15. The van der Waals surface area contributed by atoms with Crippen LogP contribution in [0.4, 0.5) is 11.4 Å². The SMILES string of the molecule is CC(C)(C)C1CC=C2C(=C(Nc3ccccc3)C(=O)N2c2ccccc2)C1. The van der Waals surface area contributed by atoms with Crippen molar-refractivity contribution in [2.24, 2.45) is 11.3 Å². The standard InChI is InChI=1S/C24H26N2O/c1-24(2,3)17-14-15-21-20(16-17)22(25-18-10-6-4-7-11-18)23(27)26(21)19-12-8-5-9-13-19/h4-13,15,17,25H,14,16H2,1-3H3. The van der Waals surface area contributed by atoms with Gasteiger partial charge in [0.05, 0.1) is 5.70 Å². The number of amides is 1. The van der Waals surface area contributed by atoms with E-state index in [-0.39, 0.29) is 11.3 Å². The topological polar surface area (TPSA) is 32.3 Å². The lowest BCUT2D eigenvalue weighted by molar-refractivity contribution is -0.114. The predicted molar refractivity (Wildman–Crippen MR) is 111 cm³/mol. The van der Waals surface area contributed by atoms with Gasteiger partial charge < -0.3 is 5.32 Å². The van der Waals surface area contributed by atoms with Crippen molar-refractivity contribution in [2.45, 2.75) is 33.6 Å². The molecule has 1 amide bonds. The first-order chi connectivity index (χ1) is 12.9. The smallest absolute Gasteiger partial charge is 0.279 e. The van der Waals surface area contributed by atoms with Crippen molar-refractivity contribution < 1.29 is 4.79 Å². The van der Waals surface area contributed by atoms with Crippen LogP contribution >= 0.6 is 0 Å². The van der Waals surface area contributed by atoms with Gasteiger partial charge in [0.2, 0.25) is 0 Å². The summed E-state index contributed by atoms with van der Waals surface area (Å²) in [6, 6.07) is 19.9. The third-order valence-electron chi connectivity index (χ3n) is 5.60. The molecule has 2 aromatic rings. The highest BCUT2D eigenvalue weighted by atomic mass is 16.2. The van der Waals surface area contributed by atoms with E-state index < -0.39 is 0 Å². The zero-order valence-corrected chi connectivity index (χ0v) is 16.2. The number of benzene rings is 2. The fourth-order valence-corrected chi connectivity index (χ4v) is 3.91. The molecule has 27 heavy (non-hydrogen) atoms. The van der Waals surface area contributed by atoms with Crippen LogP contribution in [0.3, 0.4) is 0 Å². The molecule has 0 bridgehead atoms. The largest absolute Gasteiger partial charge is 0.351 e. The molecule has 0 aromatic heterocycles. The number of hydrogen-bond acceptors (Lipinski definition) is 2. The molecular formula is C24H26N2O. The molecule has 0 spiro atoms. The van der Waals surface area contributed by atoms with Crippen molar-refractivity contribution in [1.82, 2.24) is 0 Å². The summed E-state index contributed by atoms with van der Waals surface area (Å²) in [6.45, 7) is 6.85. The van der Waals surface area contributed by atoms with E-state index in [9.17, 15) is 4.79 Å². The van der Waals surface area contributed by atoms with E-state index >= 15 is 0 Å². The van der Waals surface area contributed by atoms with E-state index in [0.717, 1.165) is 35.5 Å². The van der Waals surface area contributed by atoms with Crippen LogP contribution in [0.1, 0.15) is 33.6 Å². The lowest BCUT2D eigenvalue weighted by Gasteiger charge is -2.34. The van der Waals surface area contributed by atoms with Crippen molar-refractivity contribution in [2.75, 3.05) is 10.2 Å². The van der Waals surface area contributed by atoms with E-state index in [1.54, 1.807) is 0 Å². The Kier molecular flexibility index (Phi) is 4.39. The number of nitrogens with one attached hydrogen (secondary N) is 1. The highest BCUT2D eigenvalue weighted by Crippen LogP contribution is 2.46. The Balaban J connectivity index is 1.77. The van der Waals surface area contributed by atoms with E-state index in [0.29, 0.717) is 11.6 Å². The maximum absolute atomic E-state index is 13.4. The lowest BCUT2D eigenvalue weighted by atomic mass is 9.72. The van der Waals surface area contributed by atoms with Crippen molar-refractivity contribution in [3.63, 3.8) is 0 Å². The van der Waals surface area contributed by atoms with Crippen LogP contribution < -0.4 is 10.2 Å². The van der Waals surface area contributed by atoms with E-state index in [2.05, 4.69) is 32.2 Å². The van der Waals surface area contributed by atoms with Crippen LogP contribution in [-0.4, -0.2) is 5.91 Å². The first-order valence-corrected chi connectivity index (χ1v) is 9.60. The number of carbonyl (C=O) groups excluding carboxylic acids is 1. The van der Waals surface area contributed by atoms with Crippen LogP contribution in [0.25, 0.3) is 0 Å². The molecule has 1 heterocycles. The average molecular weight is 358 g/mol. The summed E-state index contributed by atoms with van der Waals surface area (Å²) >= 11 is 0. The predicted octanol–water partition coefficient (Wildman–Crippen LogP) is 5.74. The van der Waals surface area contributed by atoms with Gasteiger partial charge in [-0.05, 0) is 48.4 Å². The van der Waals surface area contributed by atoms with Crippen molar-refractivity contribution in [1.29, 1.82) is 0 Å². The van der Waals surface area contributed by atoms with Gasteiger partial charge in [-0.15, -0.1) is 0 Å². The molecule has 0 saturated heterocycles. The number of hydrogen-bond donors (Lipinski definition) is 1. The normalized spacial score (nSPS) is 19.8. The summed E-state index contributed by atoms with van der Waals surface area (Å²) in [7, 11) is 0. The van der Waals surface area contributed by atoms with Gasteiger partial charge in [0.15, 0.2) is 0 Å². The minimum atomic E-state index is 0.0286. The van der Waals surface area contributed by atoms with Gasteiger partial charge in [-0.3, -0.25) is 9.69 Å². The summed E-state index contributed by atoms with van der Waals surface area (Å²) in [4.78, 5) is 15.3. The number of carbonyl (C=O) groups is 1. The maximum Gasteiger partial charge on any atom is 0.279 e. The first kappa shape index (κ1) is 17.6. The molecule has 1 atom stereocenters. The number of rotatable bonds is 3. The second-order valence-corrected chi connectivity index (χ2v) is 8.41. The molecule has 1 aliphatic carbocycles. The fraction of sp³-hybridized carbons (Fsp3) is 0.292. The number of fused-ring (bicyclic) bond motifs is 1. The Morgan fingerprint density at radius 2 is 1.59 bits per heavy atom. The molecule has 1 aliphatic heterocycles. The van der Waals surface area contributed by atoms with Gasteiger partial charge >= 0.3 is 0 Å². The third-order valence-corrected chi connectivity index (χ3v) is 5.60. The molecule has 3 nitrogen and oxygen atoms in total. The maximum atomic E-state index is 13.4. The average Bonchev–Trinajstić information content (AvgIpc) is 2.94. The quantitative estimate of drug-likeness (QED) is 0.759. The van der Waals surface area contributed by atoms with Gasteiger partial charge in [-0.2, -0.15) is 0 Å². The Morgan fingerprint density at radius 3 is 2.22 bits per heavy atom. The summed E-state index contributed by atoms with van der Waals surface area (Å²) in [5.74, 6) is 0.549. The van der Waals surface area contributed by atoms with Crippen LogP contribution in [0.5, 0.6) is 0 Å². The summed E-state index contributed by atoms with van der Waals surface area (Å²) in [5, 5.41) is 3.41. The van der Waals surface area contributed by atoms with Crippen LogP contribution in [0.15, 0.2) is 83.7 Å². The molecule has 2 aromatic carbocycles. The molecule has 3 heteroatoms. The minimum absolute atomic E-state index is 0.0286. The van der Waals surface area contributed by atoms with E-state index in [1.165, 1.54) is 0 Å². The summed E-state index contributed by atoms with van der Waals surface area (Å²) in [5.41, 5.74) is 4.97. The van der Waals surface area contributed by atoms with E-state index in [4.69, 9.17) is 0 Å². The first-order valence-electron chi connectivity index (χ1n) is 9.60. The zero-order valence-electron chi connectivity index (χ0n) is 16.2. The van der Waals surface area contributed by atoms with Gasteiger partial charge in [-0.1, -0.05) is 63.2 Å². The Bertz CT molecular complexity index is 904. The van der Waals surface area contributed by atoms with Gasteiger partial charge in [0, 0.05) is 16.9 Å². The molecule has 0 radical (unpaired) electrons. The molecule has 1 N–H and O–H groups in total. The number of para-hydroxylation sites is 2. The number of nitrogens with zero attached hydrogens (tertiary/aromatic N) is 1. The molecule has 4 rings (SSSR count). The second-order valence-electron chi connectivity index (χ2n) is 8.41. The van der Waals surface area contributed by atoms with Crippen molar-refractivity contribution in [3.8, 4) is 0 Å². The number of anilines is 2. The molecular weight excluding hydrogens is 332 g/mol. The van der Waals surface area contributed by atoms with E-state index in [1.807, 2.05) is 65.6 Å². The van der Waals surface area contributed by atoms with Crippen LogP contribution in [0.2, 0.25) is 0 Å². The summed E-state index contributed by atoms with van der Waals surface area (Å²) < 4.78 is 0. The van der Waals surface area contributed by atoms with Gasteiger partial charge in [0.25, 0.3) is 5.91 Å². The lowest BCUT2D eigenvalue weighted by Crippen LogP contribution is -2.28. The number of allylic oxidation sites excluding steroid dienone is 2. The van der Waals surface area contributed by atoms with Crippen molar-refractivity contribution in [3.05, 3.63) is 83.7 Å². The highest BCUT2D eigenvalue weighted by Gasteiger charge is 2.40. The monoisotopic (exact) mass is 358 g/mol. The fourth-order valence-electron chi connectivity index (χ4n) is 3.91. The minimum Gasteiger partial charge on any atom is -0.351 e. The molecule has 0 saturated carbocycles. The van der Waals surface area contributed by atoms with Crippen molar-refractivity contribution >= 4 is 17.3 Å². The van der Waals surface area contributed by atoms with Gasteiger partial charge in [0.1, 0.15) is 5.70 Å². The van der Waals surface area contributed by atoms with Crippen LogP contribution in [0, 0.1) is 11.3 Å². The third kappa shape index (κ3) is 3.30. The van der Waals surface area contributed by atoms with Gasteiger partial charge in [-0.25, -0.2) is 0 Å². The Morgan fingerprint density at radius 1 is 0.963 bits per heavy atom. The summed E-state index contributed by atoms with van der Waals surface area (Å²) in [6.07, 6.45) is 4.16. The zero-order chi connectivity index (χ0) is 19.0. The Hall–Kier alpha value is -2.81.